The molecule has 0 aromatic heterocycles. The number of aryl methyl sites for hydroxylation is 1. The van der Waals surface area contributed by atoms with Crippen LogP contribution < -0.4 is 0 Å². The fourth-order valence-electron chi connectivity index (χ4n) is 4.42. The second-order valence-electron chi connectivity index (χ2n) is 6.90. The van der Waals surface area contributed by atoms with Crippen molar-refractivity contribution < 1.29 is 5.11 Å². The fraction of sp³-hybridized carbons (Fsp3) is 0.647. The molecule has 1 aliphatic heterocycles. The first-order chi connectivity index (χ1) is 9.60. The van der Waals surface area contributed by atoms with Gasteiger partial charge in [0.1, 0.15) is 5.75 Å². The highest BCUT2D eigenvalue weighted by Crippen LogP contribution is 2.63. The molecule has 2 fully saturated rings. The van der Waals surface area contributed by atoms with E-state index in [4.69, 9.17) is 0 Å². The van der Waals surface area contributed by atoms with E-state index in [-0.39, 0.29) is 0 Å². The number of phenols is 1. The van der Waals surface area contributed by atoms with E-state index >= 15 is 0 Å². The van der Waals surface area contributed by atoms with Crippen LogP contribution in [-0.4, -0.2) is 20.7 Å². The molecule has 0 radical (unpaired) electrons. The maximum atomic E-state index is 9.75. The molecule has 3 aliphatic rings. The van der Waals surface area contributed by atoms with Crippen molar-refractivity contribution in [1.82, 2.24) is 0 Å². The highest BCUT2D eigenvalue weighted by molar-refractivity contribution is 8.21. The quantitative estimate of drug-likeness (QED) is 0.744. The van der Waals surface area contributed by atoms with Crippen molar-refractivity contribution in [3.05, 3.63) is 29.3 Å². The molecule has 0 unspecified atom stereocenters. The summed E-state index contributed by atoms with van der Waals surface area (Å²) in [7, 11) is 0. The normalized spacial score (nSPS) is 34.8. The highest BCUT2D eigenvalue weighted by Gasteiger charge is 2.50. The Morgan fingerprint density at radius 3 is 2.75 bits per heavy atom. The largest absolute Gasteiger partial charge is 0.508 e. The third kappa shape index (κ3) is 2.00. The number of hydrogen-bond acceptors (Lipinski definition) is 3. The summed E-state index contributed by atoms with van der Waals surface area (Å²) in [5.74, 6) is 3.79. The van der Waals surface area contributed by atoms with E-state index in [0.29, 0.717) is 21.2 Å². The topological polar surface area (TPSA) is 20.2 Å². The highest BCUT2D eigenvalue weighted by atomic mass is 32.2. The van der Waals surface area contributed by atoms with Crippen molar-refractivity contribution >= 4 is 23.5 Å². The van der Waals surface area contributed by atoms with Crippen LogP contribution in [0.15, 0.2) is 18.2 Å². The van der Waals surface area contributed by atoms with Crippen LogP contribution in [0.3, 0.4) is 0 Å². The SMILES string of the molecule is C[C@@]12CCc3cc(O)ccc3[C@H]1CC1(CC2)SCCS1. The van der Waals surface area contributed by atoms with Gasteiger partial charge in [-0.25, -0.2) is 0 Å². The maximum Gasteiger partial charge on any atom is 0.115 e. The molecule has 1 nitrogen and oxygen atoms in total. The first-order valence-electron chi connectivity index (χ1n) is 7.70. The van der Waals surface area contributed by atoms with Crippen LogP contribution in [-0.2, 0) is 6.42 Å². The van der Waals surface area contributed by atoms with E-state index in [0.717, 1.165) is 6.42 Å². The Balaban J connectivity index is 1.73. The van der Waals surface area contributed by atoms with Crippen molar-refractivity contribution in [2.75, 3.05) is 11.5 Å². The zero-order chi connectivity index (χ0) is 13.8. The lowest BCUT2D eigenvalue weighted by atomic mass is 9.58. The maximum absolute atomic E-state index is 9.75. The smallest absolute Gasteiger partial charge is 0.115 e. The van der Waals surface area contributed by atoms with Crippen LogP contribution >= 0.6 is 23.5 Å². The lowest BCUT2D eigenvalue weighted by Gasteiger charge is -2.51. The van der Waals surface area contributed by atoms with Crippen LogP contribution in [0.5, 0.6) is 5.75 Å². The lowest BCUT2D eigenvalue weighted by Crippen LogP contribution is -2.41. The number of hydrogen-bond donors (Lipinski definition) is 1. The number of fused-ring (bicyclic) bond motifs is 3. The molecule has 20 heavy (non-hydrogen) atoms. The zero-order valence-corrected chi connectivity index (χ0v) is 13.7. The number of aromatic hydroxyl groups is 1. The minimum Gasteiger partial charge on any atom is -0.508 e. The first-order valence-corrected chi connectivity index (χ1v) is 9.67. The molecule has 1 spiro atoms. The summed E-state index contributed by atoms with van der Waals surface area (Å²) in [5, 5.41) is 9.75. The molecule has 0 bridgehead atoms. The van der Waals surface area contributed by atoms with Crippen LogP contribution in [0.4, 0.5) is 0 Å². The van der Waals surface area contributed by atoms with Crippen molar-refractivity contribution in [3.8, 4) is 5.75 Å². The molecule has 0 amide bonds. The summed E-state index contributed by atoms with van der Waals surface area (Å²) in [6.07, 6.45) is 6.53. The van der Waals surface area contributed by atoms with Crippen LogP contribution in [0.25, 0.3) is 0 Å². The van der Waals surface area contributed by atoms with Gasteiger partial charge < -0.3 is 5.11 Å². The molecule has 1 saturated carbocycles. The van der Waals surface area contributed by atoms with Gasteiger partial charge in [-0.3, -0.25) is 0 Å². The Labute approximate surface area is 129 Å². The summed E-state index contributed by atoms with van der Waals surface area (Å²) >= 11 is 4.42. The van der Waals surface area contributed by atoms with E-state index in [1.807, 2.05) is 12.1 Å². The van der Waals surface area contributed by atoms with Gasteiger partial charge in [0.2, 0.25) is 0 Å². The van der Waals surface area contributed by atoms with E-state index in [9.17, 15) is 5.11 Å². The summed E-state index contributed by atoms with van der Waals surface area (Å²) in [4.78, 5) is 0. The Hall–Kier alpha value is -0.280. The Morgan fingerprint density at radius 1 is 1.15 bits per heavy atom. The van der Waals surface area contributed by atoms with Gasteiger partial charge in [0, 0.05) is 11.5 Å². The molecule has 1 N–H and O–H groups in total. The van der Waals surface area contributed by atoms with Gasteiger partial charge in [0.05, 0.1) is 4.08 Å². The minimum absolute atomic E-state index is 0.433. The molecule has 1 aromatic rings. The molecular formula is C17H22OS2. The molecule has 4 rings (SSSR count). The van der Waals surface area contributed by atoms with Gasteiger partial charge in [0.25, 0.3) is 0 Å². The molecule has 1 saturated heterocycles. The van der Waals surface area contributed by atoms with Crippen LogP contribution in [0, 0.1) is 5.41 Å². The molecule has 2 atom stereocenters. The second kappa shape index (κ2) is 4.61. The monoisotopic (exact) mass is 306 g/mol. The van der Waals surface area contributed by atoms with Gasteiger partial charge >= 0.3 is 0 Å². The van der Waals surface area contributed by atoms with E-state index in [2.05, 4.69) is 36.5 Å². The predicted molar refractivity (Wildman–Crippen MR) is 88.8 cm³/mol. The number of thioether (sulfide) groups is 2. The minimum atomic E-state index is 0.433. The summed E-state index contributed by atoms with van der Waals surface area (Å²) < 4.78 is 0.497. The number of rotatable bonds is 0. The fourth-order valence-corrected chi connectivity index (χ4v) is 7.73. The lowest BCUT2D eigenvalue weighted by molar-refractivity contribution is 0.145. The predicted octanol–water partition coefficient (Wildman–Crippen LogP) is 4.79. The van der Waals surface area contributed by atoms with Gasteiger partial charge in [-0.2, -0.15) is 0 Å². The van der Waals surface area contributed by atoms with Crippen LogP contribution in [0.1, 0.15) is 49.7 Å². The number of benzene rings is 1. The molecule has 1 aromatic carbocycles. The third-order valence-corrected chi connectivity index (χ3v) is 9.29. The molecule has 2 aliphatic carbocycles. The number of phenolic OH excluding ortho intramolecular Hbond substituents is 1. The first kappa shape index (κ1) is 13.4. The Morgan fingerprint density at radius 2 is 1.95 bits per heavy atom. The van der Waals surface area contributed by atoms with Crippen molar-refractivity contribution in [2.24, 2.45) is 5.41 Å². The molecule has 108 valence electrons. The van der Waals surface area contributed by atoms with Gasteiger partial charge in [-0.15, -0.1) is 23.5 Å². The van der Waals surface area contributed by atoms with Crippen molar-refractivity contribution in [3.63, 3.8) is 0 Å². The molecule has 1 heterocycles. The zero-order valence-electron chi connectivity index (χ0n) is 12.0. The average Bonchev–Trinajstić information content (AvgIpc) is 2.89. The molecular weight excluding hydrogens is 284 g/mol. The molecule has 3 heteroatoms. The average molecular weight is 306 g/mol. The second-order valence-corrected chi connectivity index (χ2v) is 10.1. The van der Waals surface area contributed by atoms with Gasteiger partial charge in [-0.1, -0.05) is 13.0 Å². The van der Waals surface area contributed by atoms with Gasteiger partial charge in [-0.05, 0) is 66.7 Å². The van der Waals surface area contributed by atoms with E-state index in [1.165, 1.54) is 48.3 Å². The summed E-state index contributed by atoms with van der Waals surface area (Å²) in [5.41, 5.74) is 3.42. The summed E-state index contributed by atoms with van der Waals surface area (Å²) in [6.45, 7) is 2.50. The van der Waals surface area contributed by atoms with E-state index in [1.54, 1.807) is 0 Å². The van der Waals surface area contributed by atoms with Gasteiger partial charge in [0.15, 0.2) is 0 Å². The summed E-state index contributed by atoms with van der Waals surface area (Å²) in [6, 6.07) is 6.10. The Bertz CT molecular complexity index is 536. The Kier molecular flexibility index (Phi) is 3.08. The van der Waals surface area contributed by atoms with Crippen molar-refractivity contribution in [1.29, 1.82) is 0 Å². The van der Waals surface area contributed by atoms with E-state index < -0.39 is 0 Å². The van der Waals surface area contributed by atoms with Crippen LogP contribution in [0.2, 0.25) is 0 Å². The van der Waals surface area contributed by atoms with Crippen molar-refractivity contribution in [2.45, 2.75) is 49.0 Å². The standard InChI is InChI=1S/C17H22OS2/c1-16-5-4-12-10-13(18)2-3-14(12)15(16)11-17(7-6-16)19-8-9-20-17/h2-3,10,15,18H,4-9,11H2,1H3/t15-,16+/m1/s1. The third-order valence-electron chi connectivity index (χ3n) is 5.71.